The average molecular weight is 284 g/mol. The highest BCUT2D eigenvalue weighted by Gasteiger charge is 2.03. The molecule has 2 aromatic rings. The van der Waals surface area contributed by atoms with Crippen LogP contribution in [0.5, 0.6) is 5.75 Å². The fourth-order valence-corrected chi connectivity index (χ4v) is 2.20. The minimum atomic E-state index is 0.514. The first kappa shape index (κ1) is 15.5. The van der Waals surface area contributed by atoms with Gasteiger partial charge in [-0.15, -0.1) is 0 Å². The smallest absolute Gasteiger partial charge is 0.123 e. The van der Waals surface area contributed by atoms with Crippen molar-refractivity contribution in [3.8, 4) is 5.75 Å². The second kappa shape index (κ2) is 8.45. The van der Waals surface area contributed by atoms with Crippen molar-refractivity contribution < 1.29 is 4.74 Å². The number of hydrogen-bond donors (Lipinski definition) is 1. The normalized spacial score (nSPS) is 10.8. The van der Waals surface area contributed by atoms with E-state index in [-0.39, 0.29) is 0 Å². The van der Waals surface area contributed by atoms with E-state index in [1.807, 2.05) is 24.3 Å². The maximum absolute atomic E-state index is 5.83. The first-order valence-corrected chi connectivity index (χ1v) is 7.43. The Morgan fingerprint density at radius 1 is 0.952 bits per heavy atom. The summed E-state index contributed by atoms with van der Waals surface area (Å²) in [5.74, 6) is 0.899. The molecular weight excluding hydrogens is 260 g/mol. The second-order valence-electron chi connectivity index (χ2n) is 5.20. The van der Waals surface area contributed by atoms with Crippen LogP contribution in [-0.4, -0.2) is 31.6 Å². The van der Waals surface area contributed by atoms with Crippen LogP contribution in [0.4, 0.5) is 0 Å². The summed E-state index contributed by atoms with van der Waals surface area (Å²) in [6, 6.07) is 18.5. The van der Waals surface area contributed by atoms with Gasteiger partial charge in [-0.25, -0.2) is 0 Å². The molecule has 0 bridgehead atoms. The first-order chi connectivity index (χ1) is 10.3. The molecule has 2 N–H and O–H groups in total. The van der Waals surface area contributed by atoms with E-state index in [0.29, 0.717) is 13.2 Å². The molecule has 21 heavy (non-hydrogen) atoms. The molecule has 0 atom stereocenters. The SMILES string of the molecule is CN(CCOc1ccccc1CN)CCc1ccccc1. The molecule has 0 aliphatic heterocycles. The van der Waals surface area contributed by atoms with Gasteiger partial charge in [-0.05, 0) is 25.1 Å². The summed E-state index contributed by atoms with van der Waals surface area (Å²) >= 11 is 0. The Balaban J connectivity index is 1.70. The van der Waals surface area contributed by atoms with Crippen molar-refractivity contribution in [2.24, 2.45) is 5.73 Å². The zero-order chi connectivity index (χ0) is 14.9. The van der Waals surface area contributed by atoms with Gasteiger partial charge in [0.1, 0.15) is 12.4 Å². The van der Waals surface area contributed by atoms with Gasteiger partial charge in [0.15, 0.2) is 0 Å². The van der Waals surface area contributed by atoms with Crippen molar-refractivity contribution >= 4 is 0 Å². The van der Waals surface area contributed by atoms with Crippen LogP contribution < -0.4 is 10.5 Å². The lowest BCUT2D eigenvalue weighted by molar-refractivity contribution is 0.237. The Hall–Kier alpha value is -1.84. The van der Waals surface area contributed by atoms with Crippen LogP contribution in [0, 0.1) is 0 Å². The standard InChI is InChI=1S/C18H24N2O/c1-20(12-11-16-7-3-2-4-8-16)13-14-21-18-10-6-5-9-17(18)15-19/h2-10H,11-15,19H2,1H3. The van der Waals surface area contributed by atoms with Crippen molar-refractivity contribution in [2.45, 2.75) is 13.0 Å². The first-order valence-electron chi connectivity index (χ1n) is 7.43. The van der Waals surface area contributed by atoms with Crippen LogP contribution >= 0.6 is 0 Å². The van der Waals surface area contributed by atoms with E-state index >= 15 is 0 Å². The van der Waals surface area contributed by atoms with Gasteiger partial charge in [0.05, 0.1) is 0 Å². The predicted octanol–water partition coefficient (Wildman–Crippen LogP) is 2.70. The zero-order valence-corrected chi connectivity index (χ0v) is 12.7. The molecule has 3 nitrogen and oxygen atoms in total. The third-order valence-corrected chi connectivity index (χ3v) is 3.55. The molecule has 2 rings (SSSR count). The van der Waals surface area contributed by atoms with Gasteiger partial charge in [-0.1, -0.05) is 48.5 Å². The lowest BCUT2D eigenvalue weighted by Gasteiger charge is -2.17. The summed E-state index contributed by atoms with van der Waals surface area (Å²) < 4.78 is 5.83. The number of benzene rings is 2. The lowest BCUT2D eigenvalue weighted by atomic mass is 10.1. The highest BCUT2D eigenvalue weighted by Crippen LogP contribution is 2.16. The fraction of sp³-hybridized carbons (Fsp3) is 0.333. The van der Waals surface area contributed by atoms with Gasteiger partial charge < -0.3 is 15.4 Å². The maximum Gasteiger partial charge on any atom is 0.123 e. The molecule has 0 aliphatic carbocycles. The van der Waals surface area contributed by atoms with E-state index in [4.69, 9.17) is 10.5 Å². The van der Waals surface area contributed by atoms with Crippen molar-refractivity contribution in [1.29, 1.82) is 0 Å². The van der Waals surface area contributed by atoms with Gasteiger partial charge in [0, 0.05) is 25.2 Å². The van der Waals surface area contributed by atoms with Gasteiger partial charge in [0.25, 0.3) is 0 Å². The number of rotatable bonds is 8. The fourth-order valence-electron chi connectivity index (χ4n) is 2.20. The molecule has 0 spiro atoms. The summed E-state index contributed by atoms with van der Waals surface area (Å²) in [7, 11) is 2.13. The number of nitrogens with two attached hydrogens (primary N) is 1. The Bertz CT molecular complexity index is 528. The quantitative estimate of drug-likeness (QED) is 0.810. The topological polar surface area (TPSA) is 38.5 Å². The summed E-state index contributed by atoms with van der Waals surface area (Å²) in [4.78, 5) is 2.29. The maximum atomic E-state index is 5.83. The number of para-hydroxylation sites is 1. The molecule has 0 saturated heterocycles. The minimum absolute atomic E-state index is 0.514. The molecule has 0 radical (unpaired) electrons. The van der Waals surface area contributed by atoms with Crippen molar-refractivity contribution in [3.05, 3.63) is 65.7 Å². The van der Waals surface area contributed by atoms with Gasteiger partial charge >= 0.3 is 0 Å². The number of hydrogen-bond acceptors (Lipinski definition) is 3. The molecule has 0 aromatic heterocycles. The molecular formula is C18H24N2O. The highest BCUT2D eigenvalue weighted by atomic mass is 16.5. The zero-order valence-electron chi connectivity index (χ0n) is 12.7. The molecule has 0 unspecified atom stereocenters. The molecule has 0 heterocycles. The highest BCUT2D eigenvalue weighted by molar-refractivity contribution is 5.32. The van der Waals surface area contributed by atoms with E-state index in [0.717, 1.165) is 30.8 Å². The third kappa shape index (κ3) is 5.21. The monoisotopic (exact) mass is 284 g/mol. The number of ether oxygens (including phenoxy) is 1. The van der Waals surface area contributed by atoms with E-state index < -0.39 is 0 Å². The van der Waals surface area contributed by atoms with Crippen molar-refractivity contribution in [2.75, 3.05) is 26.7 Å². The third-order valence-electron chi connectivity index (χ3n) is 3.55. The van der Waals surface area contributed by atoms with E-state index in [1.54, 1.807) is 0 Å². The number of nitrogens with zero attached hydrogens (tertiary/aromatic N) is 1. The Labute approximate surface area is 127 Å². The molecule has 0 amide bonds. The lowest BCUT2D eigenvalue weighted by Crippen LogP contribution is -2.26. The van der Waals surface area contributed by atoms with Crippen LogP contribution in [0.25, 0.3) is 0 Å². The van der Waals surface area contributed by atoms with E-state index in [1.165, 1.54) is 5.56 Å². The molecule has 0 fully saturated rings. The summed E-state index contributed by atoms with van der Waals surface area (Å²) in [6.07, 6.45) is 1.07. The van der Waals surface area contributed by atoms with E-state index in [2.05, 4.69) is 42.3 Å². The predicted molar refractivity (Wildman–Crippen MR) is 87.5 cm³/mol. The minimum Gasteiger partial charge on any atom is -0.492 e. The Morgan fingerprint density at radius 3 is 2.43 bits per heavy atom. The van der Waals surface area contributed by atoms with Crippen molar-refractivity contribution in [1.82, 2.24) is 4.90 Å². The summed E-state index contributed by atoms with van der Waals surface area (Å²) in [6.45, 7) is 3.14. The molecule has 0 aliphatic rings. The van der Waals surface area contributed by atoms with Gasteiger partial charge in [-0.2, -0.15) is 0 Å². The number of likely N-dealkylation sites (N-methyl/N-ethyl adjacent to an activating group) is 1. The summed E-state index contributed by atoms with van der Waals surface area (Å²) in [5, 5.41) is 0. The van der Waals surface area contributed by atoms with Crippen LogP contribution in [0.1, 0.15) is 11.1 Å². The van der Waals surface area contributed by atoms with Crippen molar-refractivity contribution in [3.63, 3.8) is 0 Å². The molecule has 3 heteroatoms. The van der Waals surface area contributed by atoms with Gasteiger partial charge in [-0.3, -0.25) is 0 Å². The average Bonchev–Trinajstić information content (AvgIpc) is 2.54. The Morgan fingerprint density at radius 2 is 1.67 bits per heavy atom. The van der Waals surface area contributed by atoms with Crippen LogP contribution in [0.3, 0.4) is 0 Å². The largest absolute Gasteiger partial charge is 0.492 e. The Kier molecular flexibility index (Phi) is 6.25. The molecule has 2 aromatic carbocycles. The summed E-state index contributed by atoms with van der Waals surface area (Å²) in [5.41, 5.74) is 8.14. The van der Waals surface area contributed by atoms with Gasteiger partial charge in [0.2, 0.25) is 0 Å². The molecule has 0 saturated carbocycles. The second-order valence-corrected chi connectivity index (χ2v) is 5.20. The van der Waals surface area contributed by atoms with Crippen LogP contribution in [0.2, 0.25) is 0 Å². The molecule has 112 valence electrons. The van der Waals surface area contributed by atoms with E-state index in [9.17, 15) is 0 Å². The van der Waals surface area contributed by atoms with Crippen LogP contribution in [-0.2, 0) is 13.0 Å². The van der Waals surface area contributed by atoms with Crippen LogP contribution in [0.15, 0.2) is 54.6 Å².